The van der Waals surface area contributed by atoms with Crippen molar-refractivity contribution >= 4 is 35.3 Å². The van der Waals surface area contributed by atoms with Gasteiger partial charge in [0.1, 0.15) is 0 Å². The maximum absolute atomic E-state index is 14.1. The van der Waals surface area contributed by atoms with Crippen LogP contribution in [0.2, 0.25) is 0 Å². The number of carbonyl (C=O) groups is 1. The van der Waals surface area contributed by atoms with Gasteiger partial charge < -0.3 is 0 Å². The second kappa shape index (κ2) is 8.38. The first-order valence-corrected chi connectivity index (χ1v) is 7.80. The second-order valence-corrected chi connectivity index (χ2v) is 6.10. The van der Waals surface area contributed by atoms with Crippen molar-refractivity contribution in [2.24, 2.45) is 0 Å². The van der Waals surface area contributed by atoms with Gasteiger partial charge in [0, 0.05) is 0 Å². The average Bonchev–Trinajstić information content (AvgIpc) is 2.97. The van der Waals surface area contributed by atoms with Gasteiger partial charge in [-0.3, -0.25) is 0 Å². The van der Waals surface area contributed by atoms with E-state index in [0.717, 1.165) is 6.92 Å². The molecule has 0 saturated carbocycles. The molecule has 0 amide bonds. The Morgan fingerprint density at radius 2 is 1.96 bits per heavy atom. The summed E-state index contributed by atoms with van der Waals surface area (Å²) in [5.41, 5.74) is 1.60. The summed E-state index contributed by atoms with van der Waals surface area (Å²) in [6, 6.07) is 1.69. The van der Waals surface area contributed by atoms with Crippen molar-refractivity contribution in [3.63, 3.8) is 0 Å². The fraction of sp³-hybridized carbons (Fsp3) is 0.333. The first-order valence-electron chi connectivity index (χ1n) is 7.42. The molecule has 0 radical (unpaired) electrons. The molecule has 0 N–H and O–H groups in total. The molecule has 0 spiro atoms. The average molecular weight is 353 g/mol. The molecule has 0 bridgehead atoms. The molecule has 1 aromatic rings. The van der Waals surface area contributed by atoms with Crippen LogP contribution in [0, 0.1) is 0 Å². The number of furan rings is 1. The molecule has 1 rings (SSSR count). The van der Waals surface area contributed by atoms with E-state index in [1.54, 1.807) is 26.0 Å². The predicted octanol–water partition coefficient (Wildman–Crippen LogP) is 5.22. The Labute approximate surface area is 146 Å². The molecule has 0 unspecified atom stereocenters. The molecule has 0 saturated heterocycles. The van der Waals surface area contributed by atoms with Crippen LogP contribution < -0.4 is 0 Å². The number of ketones is 1. The first kappa shape index (κ1) is 20.3. The summed E-state index contributed by atoms with van der Waals surface area (Å²) in [4.78, 5) is 11.6. The van der Waals surface area contributed by atoms with Crippen molar-refractivity contribution in [2.45, 2.75) is 40.5 Å². The van der Waals surface area contributed by atoms with Crippen LogP contribution >= 0.6 is 11.6 Å². The number of carbonyl (C=O) groups excluding carboxylic acids is 1. The summed E-state index contributed by atoms with van der Waals surface area (Å²) >= 11 is 5.90. The van der Waals surface area contributed by atoms with Crippen LogP contribution in [0.15, 0.2) is 51.2 Å². The Bertz CT molecular complexity index is 717. The fourth-order valence-corrected chi connectivity index (χ4v) is 2.43. The monoisotopic (exact) mass is 352 g/mol. The van der Waals surface area contributed by atoms with E-state index in [1.165, 1.54) is 39.4 Å². The second-order valence-electron chi connectivity index (χ2n) is 5.53. The van der Waals surface area contributed by atoms with E-state index in [4.69, 9.17) is 16.0 Å². The van der Waals surface area contributed by atoms with Gasteiger partial charge in [0.05, 0.1) is 0 Å². The van der Waals surface area contributed by atoms with Crippen LogP contribution in [-0.2, 0) is 4.79 Å². The zero-order valence-electron chi connectivity index (χ0n) is 14.4. The molecule has 0 fully saturated rings. The summed E-state index contributed by atoms with van der Waals surface area (Å²) in [5.74, 6) is -3.36. The van der Waals surface area contributed by atoms with E-state index in [1.807, 2.05) is 0 Å². The van der Waals surface area contributed by atoms with Gasteiger partial charge in [0.15, 0.2) is 0 Å². The van der Waals surface area contributed by atoms with Crippen molar-refractivity contribution in [1.29, 1.82) is 0 Å². The zero-order valence-corrected chi connectivity index (χ0v) is 15.2. The molecule has 0 aromatic carbocycles. The van der Waals surface area contributed by atoms with E-state index in [2.05, 4.69) is 0 Å². The first-order chi connectivity index (χ1) is 11.1. The number of hydrogen-bond donors (Lipinski definition) is 0. The molecule has 1 heterocycles. The van der Waals surface area contributed by atoms with E-state index in [0.29, 0.717) is 11.1 Å². The van der Waals surface area contributed by atoms with Crippen molar-refractivity contribution in [3.8, 4) is 0 Å². The van der Waals surface area contributed by atoms with Gasteiger partial charge in [-0.15, -0.1) is 0 Å². The topological polar surface area (TPSA) is 30.2 Å². The molecular weight excluding hydrogens is 332 g/mol. The standard InChI is InChI=1S/C18H20BClF2O2/c1-6-14(15-7-8-24-10-15)9-16(18(5,21)22)11(2)19-17(12(3)20)13(4)23/h6-10H,1-5H3/b14-6+,16-9+,17-12+. The van der Waals surface area contributed by atoms with Crippen LogP contribution in [-0.4, -0.2) is 24.1 Å². The summed E-state index contributed by atoms with van der Waals surface area (Å²) in [7, 11) is 0. The number of Topliss-reactive ketones (excluding diaryl/α,β-unsaturated/α-hetero) is 1. The van der Waals surface area contributed by atoms with Crippen LogP contribution in [0.5, 0.6) is 0 Å². The number of alkyl halides is 2. The Balaban J connectivity index is 3.46. The molecule has 24 heavy (non-hydrogen) atoms. The van der Waals surface area contributed by atoms with Crippen molar-refractivity contribution in [1.82, 2.24) is 0 Å². The molecule has 0 aliphatic rings. The number of halogens is 3. The van der Waals surface area contributed by atoms with Gasteiger partial charge in [-0.1, -0.05) is 0 Å². The summed E-state index contributed by atoms with van der Waals surface area (Å²) in [6.45, 7) is 8.42. The molecular formula is C18H20BClF2O2. The summed E-state index contributed by atoms with van der Waals surface area (Å²) < 4.78 is 33.3. The third-order valence-corrected chi connectivity index (χ3v) is 3.68. The van der Waals surface area contributed by atoms with Crippen molar-refractivity contribution in [2.75, 3.05) is 0 Å². The molecule has 0 aliphatic carbocycles. The molecule has 6 heteroatoms. The summed E-state index contributed by atoms with van der Waals surface area (Å²) in [6.07, 6.45) is 6.09. The molecule has 128 valence electrons. The third kappa shape index (κ3) is 5.41. The van der Waals surface area contributed by atoms with Gasteiger partial charge >= 0.3 is 146 Å². The van der Waals surface area contributed by atoms with Crippen molar-refractivity contribution < 1.29 is 18.0 Å². The van der Waals surface area contributed by atoms with Crippen LogP contribution in [0.1, 0.15) is 40.2 Å². The van der Waals surface area contributed by atoms with Gasteiger partial charge in [0.25, 0.3) is 0 Å². The van der Waals surface area contributed by atoms with Gasteiger partial charge in [-0.2, -0.15) is 0 Å². The van der Waals surface area contributed by atoms with Crippen molar-refractivity contribution in [3.05, 3.63) is 52.4 Å². The van der Waals surface area contributed by atoms with Crippen LogP contribution in [0.3, 0.4) is 0 Å². The Hall–Kier alpha value is -1.75. The maximum atomic E-state index is 14.1. The van der Waals surface area contributed by atoms with Crippen LogP contribution in [0.25, 0.3) is 5.57 Å². The minimum absolute atomic E-state index is 0.187. The van der Waals surface area contributed by atoms with Crippen LogP contribution in [0.4, 0.5) is 8.78 Å². The Kier molecular flexibility index (Phi) is 7.09. The molecule has 2 nitrogen and oxygen atoms in total. The van der Waals surface area contributed by atoms with Gasteiger partial charge in [0.2, 0.25) is 0 Å². The molecule has 0 atom stereocenters. The minimum atomic E-state index is -3.08. The van der Waals surface area contributed by atoms with E-state index in [9.17, 15) is 13.6 Å². The number of hydrogen-bond acceptors (Lipinski definition) is 2. The van der Waals surface area contributed by atoms with Gasteiger partial charge in [-0.05, 0) is 0 Å². The van der Waals surface area contributed by atoms with E-state index in [-0.39, 0.29) is 27.3 Å². The quantitative estimate of drug-likeness (QED) is 0.399. The number of rotatable bonds is 6. The van der Waals surface area contributed by atoms with Gasteiger partial charge in [-0.25, -0.2) is 0 Å². The molecule has 1 aromatic heterocycles. The normalized spacial score (nSPS) is 15.1. The summed E-state index contributed by atoms with van der Waals surface area (Å²) in [5, 5.41) is 0.265. The zero-order chi connectivity index (χ0) is 18.5. The Morgan fingerprint density at radius 1 is 1.33 bits per heavy atom. The SMILES string of the molecule is C\C=C(/C=C(\C(C)=B/C(C(C)=O)=C(\C)Cl)C(C)(F)F)c1ccoc1. The van der Waals surface area contributed by atoms with E-state index >= 15 is 0 Å². The molecule has 0 aliphatic heterocycles. The predicted molar refractivity (Wildman–Crippen MR) is 96.7 cm³/mol. The van der Waals surface area contributed by atoms with E-state index < -0.39 is 5.92 Å². The third-order valence-electron chi connectivity index (χ3n) is 3.47. The fourth-order valence-electron chi connectivity index (χ4n) is 2.24. The number of allylic oxidation sites excluding steroid dienone is 6. The Morgan fingerprint density at radius 3 is 2.33 bits per heavy atom.